The number of amides is 2. The maximum atomic E-state index is 13.4. The number of aryl methyl sites for hydroxylation is 1. The highest BCUT2D eigenvalue weighted by Crippen LogP contribution is 2.28. The molecule has 0 saturated carbocycles. The molecular formula is C26H26BrClN2O3. The van der Waals surface area contributed by atoms with Gasteiger partial charge >= 0.3 is 0 Å². The molecule has 5 nitrogen and oxygen atoms in total. The zero-order valence-corrected chi connectivity index (χ0v) is 20.9. The fourth-order valence-corrected chi connectivity index (χ4v) is 4.15. The number of nitrogens with one attached hydrogen (secondary N) is 1. The smallest absolute Gasteiger partial charge is 0.261 e. The van der Waals surface area contributed by atoms with Crippen LogP contribution in [0, 0.1) is 6.92 Å². The Balaban J connectivity index is 1.87. The summed E-state index contributed by atoms with van der Waals surface area (Å²) in [6, 6.07) is 22.0. The molecule has 0 aliphatic rings. The van der Waals surface area contributed by atoms with E-state index in [-0.39, 0.29) is 25.0 Å². The van der Waals surface area contributed by atoms with E-state index in [1.807, 2.05) is 61.5 Å². The first-order valence-electron chi connectivity index (χ1n) is 10.6. The third-order valence-electron chi connectivity index (χ3n) is 5.24. The number of carbonyl (C=O) groups excluding carboxylic acids is 2. The predicted octanol–water partition coefficient (Wildman–Crippen LogP) is 5.18. The Labute approximate surface area is 207 Å². The number of benzene rings is 3. The number of nitrogens with zero attached hydrogens (tertiary/aromatic N) is 1. The average Bonchev–Trinajstić information content (AvgIpc) is 2.82. The summed E-state index contributed by atoms with van der Waals surface area (Å²) >= 11 is 9.59. The molecule has 0 fully saturated rings. The van der Waals surface area contributed by atoms with Crippen molar-refractivity contribution < 1.29 is 14.3 Å². The van der Waals surface area contributed by atoms with Crippen molar-refractivity contribution in [3.63, 3.8) is 0 Å². The van der Waals surface area contributed by atoms with E-state index in [0.717, 1.165) is 21.2 Å². The number of hydrogen-bond acceptors (Lipinski definition) is 3. The second-order valence-electron chi connectivity index (χ2n) is 7.69. The normalized spacial score (nSPS) is 11.5. The summed E-state index contributed by atoms with van der Waals surface area (Å²) in [7, 11) is 1.58. The fraction of sp³-hybridized carbons (Fsp3) is 0.231. The Morgan fingerprint density at radius 3 is 2.36 bits per heavy atom. The molecular weight excluding hydrogens is 504 g/mol. The Bertz CT molecular complexity index is 1090. The van der Waals surface area contributed by atoms with E-state index in [9.17, 15) is 9.59 Å². The van der Waals surface area contributed by atoms with Crippen molar-refractivity contribution in [2.45, 2.75) is 25.9 Å². The minimum atomic E-state index is -0.699. The Morgan fingerprint density at radius 1 is 1.03 bits per heavy atom. The summed E-state index contributed by atoms with van der Waals surface area (Å²) in [6.07, 6.45) is 0.386. The third kappa shape index (κ3) is 7.07. The van der Waals surface area contributed by atoms with Crippen LogP contribution in [0.25, 0.3) is 0 Å². The van der Waals surface area contributed by atoms with Crippen molar-refractivity contribution in [3.8, 4) is 5.75 Å². The van der Waals surface area contributed by atoms with Crippen molar-refractivity contribution in [3.05, 3.63) is 99.0 Å². The van der Waals surface area contributed by atoms with E-state index < -0.39 is 6.04 Å². The van der Waals surface area contributed by atoms with E-state index in [1.165, 1.54) is 0 Å². The van der Waals surface area contributed by atoms with Gasteiger partial charge in [-0.25, -0.2) is 0 Å². The summed E-state index contributed by atoms with van der Waals surface area (Å²) in [6.45, 7) is 2.04. The number of ether oxygens (including phenoxy) is 1. The molecule has 3 rings (SSSR count). The lowest BCUT2D eigenvalue weighted by Gasteiger charge is -2.31. The molecule has 7 heteroatoms. The van der Waals surface area contributed by atoms with Crippen LogP contribution in [0.15, 0.2) is 77.3 Å². The van der Waals surface area contributed by atoms with Crippen molar-refractivity contribution >= 4 is 39.3 Å². The lowest BCUT2D eigenvalue weighted by atomic mass is 10.0. The van der Waals surface area contributed by atoms with E-state index in [1.54, 1.807) is 30.1 Å². The van der Waals surface area contributed by atoms with Gasteiger partial charge in [0.1, 0.15) is 11.8 Å². The average molecular weight is 530 g/mol. The van der Waals surface area contributed by atoms with Gasteiger partial charge in [-0.15, -0.1) is 0 Å². The SMILES string of the molecule is CNC(=O)[C@@H](Cc1ccccc1)N(Cc1ccc(C)cc1)C(=O)COc1ccc(Br)cc1Cl. The molecule has 0 aliphatic heterocycles. The molecule has 0 heterocycles. The molecule has 0 unspecified atom stereocenters. The molecule has 0 spiro atoms. The Kier molecular flexibility index (Phi) is 8.92. The summed E-state index contributed by atoms with van der Waals surface area (Å²) in [4.78, 5) is 27.9. The van der Waals surface area contributed by atoms with Gasteiger partial charge in [-0.2, -0.15) is 0 Å². The Morgan fingerprint density at radius 2 is 1.73 bits per heavy atom. The van der Waals surface area contributed by atoms with Gasteiger partial charge in [-0.05, 0) is 36.2 Å². The topological polar surface area (TPSA) is 58.6 Å². The zero-order valence-electron chi connectivity index (χ0n) is 18.6. The highest BCUT2D eigenvalue weighted by molar-refractivity contribution is 9.10. The number of likely N-dealkylation sites (N-methyl/N-ethyl adjacent to an activating group) is 1. The standard InChI is InChI=1S/C26H26BrClN2O3/c1-18-8-10-20(11-9-18)16-30(23(26(32)29-2)14-19-6-4-3-5-7-19)25(31)17-33-24-13-12-21(27)15-22(24)28/h3-13,15,23H,14,16-17H2,1-2H3,(H,29,32)/t23-/m1/s1. The van der Waals surface area contributed by atoms with Gasteiger partial charge in [0, 0.05) is 24.5 Å². The van der Waals surface area contributed by atoms with Crippen LogP contribution >= 0.6 is 27.5 Å². The minimum Gasteiger partial charge on any atom is -0.482 e. The maximum Gasteiger partial charge on any atom is 0.261 e. The van der Waals surface area contributed by atoms with Crippen LogP contribution in [0.4, 0.5) is 0 Å². The second kappa shape index (κ2) is 11.9. The first kappa shape index (κ1) is 24.8. The molecule has 0 radical (unpaired) electrons. The van der Waals surface area contributed by atoms with Crippen molar-refractivity contribution in [2.75, 3.05) is 13.7 Å². The number of carbonyl (C=O) groups is 2. The van der Waals surface area contributed by atoms with E-state index in [4.69, 9.17) is 16.3 Å². The van der Waals surface area contributed by atoms with Crippen LogP contribution in [0.3, 0.4) is 0 Å². The molecule has 1 atom stereocenters. The van der Waals surface area contributed by atoms with Gasteiger partial charge in [0.25, 0.3) is 5.91 Å². The molecule has 2 amide bonds. The van der Waals surface area contributed by atoms with Crippen molar-refractivity contribution in [2.24, 2.45) is 0 Å². The lowest BCUT2D eigenvalue weighted by Crippen LogP contribution is -2.51. The molecule has 1 N–H and O–H groups in total. The Hall–Kier alpha value is -2.83. The van der Waals surface area contributed by atoms with Gasteiger partial charge in [0.05, 0.1) is 5.02 Å². The van der Waals surface area contributed by atoms with E-state index in [0.29, 0.717) is 17.2 Å². The summed E-state index contributed by atoms with van der Waals surface area (Å²) in [5, 5.41) is 3.10. The van der Waals surface area contributed by atoms with E-state index in [2.05, 4.69) is 21.2 Å². The first-order chi connectivity index (χ1) is 15.9. The minimum absolute atomic E-state index is 0.235. The van der Waals surface area contributed by atoms with Crippen LogP contribution in [-0.4, -0.2) is 36.4 Å². The highest BCUT2D eigenvalue weighted by atomic mass is 79.9. The fourth-order valence-electron chi connectivity index (χ4n) is 3.43. The number of halogens is 2. The van der Waals surface area contributed by atoms with Gasteiger partial charge in [0.15, 0.2) is 6.61 Å². The summed E-state index contributed by atoms with van der Waals surface area (Å²) in [5.41, 5.74) is 3.01. The van der Waals surface area contributed by atoms with Gasteiger partial charge in [-0.3, -0.25) is 9.59 Å². The highest BCUT2D eigenvalue weighted by Gasteiger charge is 2.30. The summed E-state index contributed by atoms with van der Waals surface area (Å²) in [5.74, 6) is -0.136. The molecule has 33 heavy (non-hydrogen) atoms. The van der Waals surface area contributed by atoms with Crippen LogP contribution < -0.4 is 10.1 Å². The quantitative estimate of drug-likeness (QED) is 0.416. The van der Waals surface area contributed by atoms with Crippen LogP contribution in [0.2, 0.25) is 5.02 Å². The van der Waals surface area contributed by atoms with Gasteiger partial charge in [-0.1, -0.05) is 87.7 Å². The van der Waals surface area contributed by atoms with Crippen LogP contribution in [0.1, 0.15) is 16.7 Å². The van der Waals surface area contributed by atoms with E-state index >= 15 is 0 Å². The molecule has 0 bridgehead atoms. The number of hydrogen-bond donors (Lipinski definition) is 1. The molecule has 172 valence electrons. The van der Waals surface area contributed by atoms with Crippen LogP contribution in [-0.2, 0) is 22.6 Å². The molecule has 3 aromatic rings. The molecule has 3 aromatic carbocycles. The van der Waals surface area contributed by atoms with Crippen molar-refractivity contribution in [1.29, 1.82) is 0 Å². The predicted molar refractivity (Wildman–Crippen MR) is 134 cm³/mol. The van der Waals surface area contributed by atoms with Gasteiger partial charge < -0.3 is 15.0 Å². The molecule has 0 saturated heterocycles. The van der Waals surface area contributed by atoms with Gasteiger partial charge in [0.2, 0.25) is 5.91 Å². The number of rotatable bonds is 9. The largest absolute Gasteiger partial charge is 0.482 e. The monoisotopic (exact) mass is 528 g/mol. The van der Waals surface area contributed by atoms with Crippen molar-refractivity contribution in [1.82, 2.24) is 10.2 Å². The third-order valence-corrected chi connectivity index (χ3v) is 6.02. The molecule has 0 aromatic heterocycles. The summed E-state index contributed by atoms with van der Waals surface area (Å²) < 4.78 is 6.54. The maximum absolute atomic E-state index is 13.4. The lowest BCUT2D eigenvalue weighted by molar-refractivity contribution is -0.142. The second-order valence-corrected chi connectivity index (χ2v) is 9.01. The first-order valence-corrected chi connectivity index (χ1v) is 11.7. The van der Waals surface area contributed by atoms with Crippen LogP contribution in [0.5, 0.6) is 5.75 Å². The molecule has 0 aliphatic carbocycles. The zero-order chi connectivity index (χ0) is 23.8.